The van der Waals surface area contributed by atoms with E-state index in [0.717, 1.165) is 25.7 Å². The van der Waals surface area contributed by atoms with Crippen molar-refractivity contribution < 1.29 is 23.5 Å². The molecule has 0 unspecified atom stereocenters. The third kappa shape index (κ3) is 5.20. The maximum atomic E-state index is 12.7. The molecule has 2 atom stereocenters. The number of nitrogens with one attached hydrogen (secondary N) is 2. The van der Waals surface area contributed by atoms with Crippen molar-refractivity contribution >= 4 is 50.7 Å². The summed E-state index contributed by atoms with van der Waals surface area (Å²) < 4.78 is 17.1. The number of nitrogens with zero attached hydrogens (tertiary/aromatic N) is 3. The number of aliphatic hydroxyl groups excluding tert-OH is 1. The van der Waals surface area contributed by atoms with E-state index in [4.69, 9.17) is 19.3 Å². The quantitative estimate of drug-likeness (QED) is 0.265. The van der Waals surface area contributed by atoms with E-state index in [1.807, 2.05) is 4.90 Å². The van der Waals surface area contributed by atoms with Gasteiger partial charge in [-0.3, -0.25) is 9.59 Å². The highest BCUT2D eigenvalue weighted by Crippen LogP contribution is 2.37. The smallest absolute Gasteiger partial charge is 0.269 e. The van der Waals surface area contributed by atoms with Crippen molar-refractivity contribution in [3.63, 3.8) is 0 Å². The molecule has 39 heavy (non-hydrogen) atoms. The molecule has 5 heterocycles. The number of carbonyl (C=O) groups excluding carboxylic acids is 1. The standard InChI is InChI=1S/C26H28N6O6S/c27-25(35)22-17(9-14(11-28-22)30-16-3-1-2-4-18(16)33)31-20-12-29-26(39-20)15-13-37-24-19(34)10-21(38-23(15)24)32-5-7-36-8-6-32/h9-13,16,18,30-31,33H,1-8H2,(H2,27,35)/t16-,18+/m1/s1. The average molecular weight is 553 g/mol. The molecule has 12 nitrogen and oxygen atoms in total. The van der Waals surface area contributed by atoms with E-state index in [2.05, 4.69) is 20.6 Å². The van der Waals surface area contributed by atoms with Gasteiger partial charge in [0.05, 0.1) is 60.8 Å². The molecule has 13 heteroatoms. The van der Waals surface area contributed by atoms with Crippen molar-refractivity contribution in [2.45, 2.75) is 37.8 Å². The second kappa shape index (κ2) is 10.7. The van der Waals surface area contributed by atoms with Crippen LogP contribution in [0, 0.1) is 0 Å². The molecule has 1 amide bonds. The molecule has 0 spiro atoms. The summed E-state index contributed by atoms with van der Waals surface area (Å²) in [6, 6.07) is 3.09. The molecule has 6 rings (SSSR count). The van der Waals surface area contributed by atoms with Crippen LogP contribution in [0.5, 0.6) is 0 Å². The first-order chi connectivity index (χ1) is 19.0. The Labute approximate surface area is 226 Å². The molecule has 1 saturated heterocycles. The lowest BCUT2D eigenvalue weighted by Crippen LogP contribution is -2.36. The second-order valence-electron chi connectivity index (χ2n) is 9.60. The fraction of sp³-hybridized carbons (Fsp3) is 0.385. The molecule has 2 aliphatic rings. The number of hydrogen-bond donors (Lipinski definition) is 4. The number of rotatable bonds is 7. The highest BCUT2D eigenvalue weighted by Gasteiger charge is 2.24. The van der Waals surface area contributed by atoms with Gasteiger partial charge >= 0.3 is 0 Å². The summed E-state index contributed by atoms with van der Waals surface area (Å²) in [7, 11) is 0. The zero-order chi connectivity index (χ0) is 26.9. The van der Waals surface area contributed by atoms with Crippen LogP contribution < -0.4 is 26.7 Å². The van der Waals surface area contributed by atoms with Crippen molar-refractivity contribution in [2.24, 2.45) is 5.73 Å². The summed E-state index contributed by atoms with van der Waals surface area (Å²) in [4.78, 5) is 35.5. The predicted octanol–water partition coefficient (Wildman–Crippen LogP) is 3.30. The molecule has 4 aromatic rings. The maximum Gasteiger partial charge on any atom is 0.269 e. The Kier molecular flexibility index (Phi) is 6.94. The third-order valence-corrected chi connectivity index (χ3v) is 7.90. The first-order valence-corrected chi connectivity index (χ1v) is 13.6. The van der Waals surface area contributed by atoms with Gasteiger partial charge in [0.15, 0.2) is 17.2 Å². The number of morpholine rings is 1. The normalized spacial score (nSPS) is 19.8. The Morgan fingerprint density at radius 1 is 1.13 bits per heavy atom. The number of hydrogen-bond acceptors (Lipinski definition) is 12. The minimum Gasteiger partial charge on any atom is -0.456 e. The van der Waals surface area contributed by atoms with Gasteiger partial charge in [-0.1, -0.05) is 24.2 Å². The van der Waals surface area contributed by atoms with Gasteiger partial charge in [-0.05, 0) is 18.9 Å². The second-order valence-corrected chi connectivity index (χ2v) is 10.6. The molecule has 0 aromatic carbocycles. The number of carbonyl (C=O) groups is 1. The Hall–Kier alpha value is -3.94. The lowest BCUT2D eigenvalue weighted by atomic mass is 9.92. The number of aromatic nitrogens is 2. The van der Waals surface area contributed by atoms with Gasteiger partial charge in [-0.15, -0.1) is 0 Å². The van der Waals surface area contributed by atoms with Gasteiger partial charge in [0.2, 0.25) is 11.0 Å². The van der Waals surface area contributed by atoms with E-state index in [1.54, 1.807) is 12.3 Å². The number of aliphatic hydroxyl groups is 1. The van der Waals surface area contributed by atoms with Crippen LogP contribution in [0.25, 0.3) is 21.7 Å². The van der Waals surface area contributed by atoms with Crippen molar-refractivity contribution in [2.75, 3.05) is 41.8 Å². The van der Waals surface area contributed by atoms with E-state index >= 15 is 0 Å². The summed E-state index contributed by atoms with van der Waals surface area (Å²) in [5, 5.41) is 18.0. The minimum atomic E-state index is -0.676. The number of thiazole rings is 1. The molecule has 0 bridgehead atoms. The molecule has 204 valence electrons. The van der Waals surface area contributed by atoms with E-state index < -0.39 is 12.0 Å². The fourth-order valence-corrected chi connectivity index (χ4v) is 5.77. The highest BCUT2D eigenvalue weighted by atomic mass is 32.1. The lowest BCUT2D eigenvalue weighted by molar-refractivity contribution is 0.0996. The number of ether oxygens (including phenoxy) is 1. The predicted molar refractivity (Wildman–Crippen MR) is 147 cm³/mol. The van der Waals surface area contributed by atoms with Crippen molar-refractivity contribution in [3.8, 4) is 10.6 Å². The number of pyridine rings is 1. The van der Waals surface area contributed by atoms with Gasteiger partial charge in [0.25, 0.3) is 5.91 Å². The largest absolute Gasteiger partial charge is 0.456 e. The molecular weight excluding hydrogens is 524 g/mol. The first kappa shape index (κ1) is 25.3. The van der Waals surface area contributed by atoms with Crippen molar-refractivity contribution in [1.82, 2.24) is 9.97 Å². The molecule has 0 radical (unpaired) electrons. The van der Waals surface area contributed by atoms with Crippen molar-refractivity contribution in [1.29, 1.82) is 0 Å². The first-order valence-electron chi connectivity index (χ1n) is 12.8. The fourth-order valence-electron chi connectivity index (χ4n) is 4.94. The van der Waals surface area contributed by atoms with Crippen LogP contribution in [0.4, 0.5) is 22.3 Å². The topological polar surface area (TPSA) is 169 Å². The molecular formula is C26H28N6O6S. The molecule has 1 aliphatic heterocycles. The summed E-state index contributed by atoms with van der Waals surface area (Å²) in [5.41, 5.74) is 7.44. The van der Waals surface area contributed by atoms with Crippen LogP contribution in [-0.4, -0.2) is 59.4 Å². The number of anilines is 4. The van der Waals surface area contributed by atoms with Gasteiger partial charge < -0.3 is 39.9 Å². The average Bonchev–Trinajstić information content (AvgIpc) is 3.58. The molecule has 4 aromatic heterocycles. The number of fused-ring (bicyclic) bond motifs is 1. The summed E-state index contributed by atoms with van der Waals surface area (Å²) >= 11 is 1.29. The van der Waals surface area contributed by atoms with Crippen LogP contribution in [-0.2, 0) is 4.74 Å². The molecule has 5 N–H and O–H groups in total. The third-order valence-electron chi connectivity index (χ3n) is 6.95. The van der Waals surface area contributed by atoms with Gasteiger partial charge in [0, 0.05) is 13.1 Å². The Morgan fingerprint density at radius 2 is 1.95 bits per heavy atom. The van der Waals surface area contributed by atoms with E-state index in [9.17, 15) is 14.7 Å². The monoisotopic (exact) mass is 552 g/mol. The number of nitrogens with two attached hydrogens (primary N) is 1. The van der Waals surface area contributed by atoms with Crippen LogP contribution in [0.15, 0.2) is 44.4 Å². The number of amides is 1. The van der Waals surface area contributed by atoms with E-state index in [-0.39, 0.29) is 22.7 Å². The van der Waals surface area contributed by atoms with E-state index in [1.165, 1.54) is 29.9 Å². The Balaban J connectivity index is 1.28. The van der Waals surface area contributed by atoms with Gasteiger partial charge in [0.1, 0.15) is 16.3 Å². The molecule has 1 saturated carbocycles. The van der Waals surface area contributed by atoms with E-state index in [0.29, 0.717) is 64.7 Å². The van der Waals surface area contributed by atoms with Gasteiger partial charge in [-0.25, -0.2) is 9.97 Å². The summed E-state index contributed by atoms with van der Waals surface area (Å²) in [6.07, 6.45) is 7.79. The minimum absolute atomic E-state index is 0.0783. The molecule has 1 aliphatic carbocycles. The van der Waals surface area contributed by atoms with Crippen LogP contribution in [0.2, 0.25) is 0 Å². The maximum absolute atomic E-state index is 12.7. The Bertz CT molecular complexity index is 1560. The zero-order valence-electron chi connectivity index (χ0n) is 21.0. The summed E-state index contributed by atoms with van der Waals surface area (Å²) in [5.74, 6) is -0.220. The van der Waals surface area contributed by atoms with Crippen LogP contribution in [0.1, 0.15) is 36.2 Å². The zero-order valence-corrected chi connectivity index (χ0v) is 21.8. The SMILES string of the molecule is NC(=O)c1ncc(N[C@@H]2CCCC[C@@H]2O)cc1Nc1cnc(-c2coc3c(=O)cc(N4CCOCC4)oc23)s1. The van der Waals surface area contributed by atoms with Crippen LogP contribution in [0.3, 0.4) is 0 Å². The Morgan fingerprint density at radius 3 is 2.74 bits per heavy atom. The van der Waals surface area contributed by atoms with Crippen LogP contribution >= 0.6 is 11.3 Å². The lowest BCUT2D eigenvalue weighted by Gasteiger charge is -2.29. The number of furan rings is 1. The molecule has 2 fully saturated rings. The van der Waals surface area contributed by atoms with Gasteiger partial charge in [-0.2, -0.15) is 0 Å². The number of primary amides is 1. The highest BCUT2D eigenvalue weighted by molar-refractivity contribution is 7.19. The van der Waals surface area contributed by atoms with Crippen molar-refractivity contribution in [3.05, 3.63) is 46.7 Å². The summed E-state index contributed by atoms with van der Waals surface area (Å²) in [6.45, 7) is 2.36.